The van der Waals surface area contributed by atoms with Gasteiger partial charge in [0.1, 0.15) is 5.52 Å². The van der Waals surface area contributed by atoms with Crippen molar-refractivity contribution < 1.29 is 4.92 Å². The molecule has 1 fully saturated rings. The first-order chi connectivity index (χ1) is 10.2. The van der Waals surface area contributed by atoms with E-state index in [0.29, 0.717) is 16.8 Å². The van der Waals surface area contributed by atoms with Gasteiger partial charge in [-0.25, -0.2) is 0 Å². The number of benzene rings is 1. The molecular weight excluding hydrogens is 266 g/mol. The Labute approximate surface area is 123 Å². The zero-order valence-electron chi connectivity index (χ0n) is 12.1. The highest BCUT2D eigenvalue weighted by Gasteiger charge is 2.23. The standard InChI is InChI=1S/C16H19N3O2/c1-11-4-2-5-12(11)10-18-14-7-8-15(19(20)21)13-6-3-9-17-16(13)14/h3,6-9,11-12,18H,2,4-5,10H2,1H3. The molecule has 1 aliphatic rings. The molecule has 0 spiro atoms. The van der Waals surface area contributed by atoms with Crippen LogP contribution in [0, 0.1) is 22.0 Å². The van der Waals surface area contributed by atoms with Crippen molar-refractivity contribution in [2.75, 3.05) is 11.9 Å². The minimum absolute atomic E-state index is 0.109. The van der Waals surface area contributed by atoms with Crippen LogP contribution < -0.4 is 5.32 Å². The summed E-state index contributed by atoms with van der Waals surface area (Å²) in [5.41, 5.74) is 1.67. The minimum Gasteiger partial charge on any atom is -0.383 e. The first kappa shape index (κ1) is 13.8. The van der Waals surface area contributed by atoms with Gasteiger partial charge in [-0.1, -0.05) is 19.8 Å². The predicted molar refractivity (Wildman–Crippen MR) is 83.4 cm³/mol. The molecule has 2 unspecified atom stereocenters. The van der Waals surface area contributed by atoms with Crippen LogP contribution in [-0.4, -0.2) is 16.5 Å². The first-order valence-electron chi connectivity index (χ1n) is 7.43. The lowest BCUT2D eigenvalue weighted by atomic mass is 9.98. The number of nitro groups is 1. The summed E-state index contributed by atoms with van der Waals surface area (Å²) in [6.07, 6.45) is 5.53. The smallest absolute Gasteiger partial charge is 0.278 e. The average Bonchev–Trinajstić information content (AvgIpc) is 2.89. The third kappa shape index (κ3) is 2.68. The van der Waals surface area contributed by atoms with Crippen LogP contribution in [-0.2, 0) is 0 Å². The number of nitrogens with zero attached hydrogens (tertiary/aromatic N) is 2. The van der Waals surface area contributed by atoms with Crippen molar-refractivity contribution >= 4 is 22.3 Å². The topological polar surface area (TPSA) is 68.1 Å². The zero-order chi connectivity index (χ0) is 14.8. The fraction of sp³-hybridized carbons (Fsp3) is 0.438. The van der Waals surface area contributed by atoms with Crippen molar-refractivity contribution in [2.24, 2.45) is 11.8 Å². The lowest BCUT2D eigenvalue weighted by Crippen LogP contribution is -2.16. The van der Waals surface area contributed by atoms with Crippen LogP contribution in [0.15, 0.2) is 30.5 Å². The second kappa shape index (κ2) is 5.68. The largest absolute Gasteiger partial charge is 0.383 e. The summed E-state index contributed by atoms with van der Waals surface area (Å²) in [7, 11) is 0. The predicted octanol–water partition coefficient (Wildman–Crippen LogP) is 3.99. The third-order valence-corrected chi connectivity index (χ3v) is 4.54. The molecule has 2 atom stereocenters. The Morgan fingerprint density at radius 3 is 2.95 bits per heavy atom. The second-order valence-electron chi connectivity index (χ2n) is 5.84. The molecule has 1 heterocycles. The fourth-order valence-electron chi connectivity index (χ4n) is 3.23. The number of fused-ring (bicyclic) bond motifs is 1. The molecule has 1 aromatic carbocycles. The molecule has 0 bridgehead atoms. The Kier molecular flexibility index (Phi) is 3.73. The summed E-state index contributed by atoms with van der Waals surface area (Å²) >= 11 is 0. The van der Waals surface area contributed by atoms with E-state index in [2.05, 4.69) is 17.2 Å². The van der Waals surface area contributed by atoms with Crippen LogP contribution in [0.3, 0.4) is 0 Å². The van der Waals surface area contributed by atoms with Crippen LogP contribution in [0.1, 0.15) is 26.2 Å². The number of nitro benzene ring substituents is 1. The Morgan fingerprint density at radius 1 is 1.38 bits per heavy atom. The summed E-state index contributed by atoms with van der Waals surface area (Å²) in [6.45, 7) is 3.20. The van der Waals surface area contributed by atoms with Crippen molar-refractivity contribution in [3.8, 4) is 0 Å². The molecule has 0 aliphatic heterocycles. The van der Waals surface area contributed by atoms with Crippen LogP contribution in [0.4, 0.5) is 11.4 Å². The molecule has 1 aliphatic carbocycles. The van der Waals surface area contributed by atoms with E-state index in [1.165, 1.54) is 19.3 Å². The molecule has 1 N–H and O–H groups in total. The number of nitrogens with one attached hydrogen (secondary N) is 1. The third-order valence-electron chi connectivity index (χ3n) is 4.54. The maximum absolute atomic E-state index is 11.1. The van der Waals surface area contributed by atoms with Crippen LogP contribution in [0.5, 0.6) is 0 Å². The summed E-state index contributed by atoms with van der Waals surface area (Å²) in [4.78, 5) is 15.1. The number of pyridine rings is 1. The van der Waals surface area contributed by atoms with Gasteiger partial charge in [-0.05, 0) is 36.5 Å². The van der Waals surface area contributed by atoms with E-state index in [9.17, 15) is 10.1 Å². The van der Waals surface area contributed by atoms with Crippen molar-refractivity contribution in [1.82, 2.24) is 4.98 Å². The molecule has 3 rings (SSSR count). The monoisotopic (exact) mass is 285 g/mol. The SMILES string of the molecule is CC1CCCC1CNc1ccc([N+](=O)[O-])c2cccnc12. The highest BCUT2D eigenvalue weighted by molar-refractivity contribution is 5.96. The normalized spacial score (nSPS) is 21.6. The number of non-ortho nitro benzene ring substituents is 1. The minimum atomic E-state index is -0.354. The van der Waals surface area contributed by atoms with Gasteiger partial charge >= 0.3 is 0 Å². The number of rotatable bonds is 4. The van der Waals surface area contributed by atoms with Gasteiger partial charge < -0.3 is 5.32 Å². The van der Waals surface area contributed by atoms with E-state index in [0.717, 1.165) is 18.2 Å². The van der Waals surface area contributed by atoms with Crippen molar-refractivity contribution in [1.29, 1.82) is 0 Å². The quantitative estimate of drug-likeness (QED) is 0.681. The molecule has 5 heteroatoms. The second-order valence-corrected chi connectivity index (χ2v) is 5.84. The summed E-state index contributed by atoms with van der Waals surface area (Å²) in [6, 6.07) is 6.82. The molecule has 2 aromatic rings. The number of hydrogen-bond acceptors (Lipinski definition) is 4. The van der Waals surface area contributed by atoms with Gasteiger partial charge in [0.05, 0.1) is 16.0 Å². The molecule has 1 saturated carbocycles. The van der Waals surface area contributed by atoms with E-state index in [4.69, 9.17) is 0 Å². The average molecular weight is 285 g/mol. The van der Waals surface area contributed by atoms with E-state index >= 15 is 0 Å². The number of anilines is 1. The van der Waals surface area contributed by atoms with Crippen molar-refractivity contribution in [3.63, 3.8) is 0 Å². The van der Waals surface area contributed by atoms with E-state index in [-0.39, 0.29) is 10.6 Å². The maximum atomic E-state index is 11.1. The van der Waals surface area contributed by atoms with E-state index < -0.39 is 0 Å². The lowest BCUT2D eigenvalue weighted by molar-refractivity contribution is -0.383. The van der Waals surface area contributed by atoms with Gasteiger partial charge in [0.15, 0.2) is 0 Å². The van der Waals surface area contributed by atoms with Gasteiger partial charge in [0.25, 0.3) is 5.69 Å². The summed E-state index contributed by atoms with van der Waals surface area (Å²) in [5.74, 6) is 1.42. The molecule has 0 saturated heterocycles. The molecule has 0 amide bonds. The Bertz CT molecular complexity index is 672. The Morgan fingerprint density at radius 2 is 2.24 bits per heavy atom. The number of aromatic nitrogens is 1. The van der Waals surface area contributed by atoms with Gasteiger partial charge in [-0.3, -0.25) is 15.1 Å². The highest BCUT2D eigenvalue weighted by Crippen LogP contribution is 2.33. The van der Waals surface area contributed by atoms with Gasteiger partial charge in [0, 0.05) is 18.8 Å². The van der Waals surface area contributed by atoms with E-state index in [1.54, 1.807) is 30.5 Å². The molecule has 0 radical (unpaired) electrons. The number of hydrogen-bond donors (Lipinski definition) is 1. The maximum Gasteiger partial charge on any atom is 0.278 e. The fourth-order valence-corrected chi connectivity index (χ4v) is 3.23. The van der Waals surface area contributed by atoms with Crippen molar-refractivity contribution in [3.05, 3.63) is 40.6 Å². The Balaban J connectivity index is 1.89. The summed E-state index contributed by atoms with van der Waals surface area (Å²) in [5, 5.41) is 15.1. The molecule has 5 nitrogen and oxygen atoms in total. The highest BCUT2D eigenvalue weighted by atomic mass is 16.6. The zero-order valence-corrected chi connectivity index (χ0v) is 12.1. The van der Waals surface area contributed by atoms with Crippen molar-refractivity contribution in [2.45, 2.75) is 26.2 Å². The van der Waals surface area contributed by atoms with Crippen LogP contribution in [0.2, 0.25) is 0 Å². The molecular formula is C16H19N3O2. The van der Waals surface area contributed by atoms with E-state index in [1.807, 2.05) is 0 Å². The van der Waals surface area contributed by atoms with Gasteiger partial charge in [0.2, 0.25) is 0 Å². The molecule has 110 valence electrons. The summed E-state index contributed by atoms with van der Waals surface area (Å²) < 4.78 is 0. The van der Waals surface area contributed by atoms with Crippen LogP contribution >= 0.6 is 0 Å². The van der Waals surface area contributed by atoms with Gasteiger partial charge in [-0.15, -0.1) is 0 Å². The Hall–Kier alpha value is -2.17. The molecule has 1 aromatic heterocycles. The lowest BCUT2D eigenvalue weighted by Gasteiger charge is -2.17. The van der Waals surface area contributed by atoms with Crippen LogP contribution in [0.25, 0.3) is 10.9 Å². The molecule has 21 heavy (non-hydrogen) atoms. The van der Waals surface area contributed by atoms with Gasteiger partial charge in [-0.2, -0.15) is 0 Å². The first-order valence-corrected chi connectivity index (χ1v) is 7.43.